The Morgan fingerprint density at radius 3 is 2.71 bits per heavy atom. The Bertz CT molecular complexity index is 1330. The summed E-state index contributed by atoms with van der Waals surface area (Å²) >= 11 is 1.06. The number of aromatic nitrogens is 2. The number of para-hydroxylation sites is 1. The van der Waals surface area contributed by atoms with Crippen molar-refractivity contribution < 1.29 is 22.4 Å². The van der Waals surface area contributed by atoms with Gasteiger partial charge in [0.15, 0.2) is 0 Å². The summed E-state index contributed by atoms with van der Waals surface area (Å²) in [5.74, 6) is -0.185. The van der Waals surface area contributed by atoms with Gasteiger partial charge in [0.25, 0.3) is 5.22 Å². The van der Waals surface area contributed by atoms with E-state index in [1.807, 2.05) is 6.07 Å². The van der Waals surface area contributed by atoms with E-state index < -0.39 is 15.3 Å². The third kappa shape index (κ3) is 5.28. The predicted octanol–water partition coefficient (Wildman–Crippen LogP) is 2.75. The van der Waals surface area contributed by atoms with Gasteiger partial charge in [0, 0.05) is 18.7 Å². The minimum absolute atomic E-state index is 0.128. The minimum atomic E-state index is -3.67. The monoisotopic (exact) mass is 499 g/mol. The lowest BCUT2D eigenvalue weighted by molar-refractivity contribution is -0.115. The molecule has 0 bridgehead atoms. The second-order valence-electron chi connectivity index (χ2n) is 7.32. The molecule has 3 aromatic rings. The molecule has 1 N–H and O–H groups in total. The molecule has 10 nitrogen and oxygen atoms in total. The van der Waals surface area contributed by atoms with Crippen LogP contribution in [0, 0.1) is 11.3 Å². The van der Waals surface area contributed by atoms with Gasteiger partial charge in [0.1, 0.15) is 6.07 Å². The van der Waals surface area contributed by atoms with Gasteiger partial charge in [0.05, 0.1) is 34.6 Å². The van der Waals surface area contributed by atoms with Crippen LogP contribution in [0.5, 0.6) is 0 Å². The van der Waals surface area contributed by atoms with E-state index in [9.17, 15) is 18.5 Å². The van der Waals surface area contributed by atoms with E-state index in [0.717, 1.165) is 11.8 Å². The van der Waals surface area contributed by atoms with E-state index in [-0.39, 0.29) is 21.9 Å². The first-order chi connectivity index (χ1) is 16.4. The fraction of sp³-hybridized carbons (Fsp3) is 0.273. The predicted molar refractivity (Wildman–Crippen MR) is 124 cm³/mol. The average Bonchev–Trinajstić information content (AvgIpc) is 3.33. The number of morpholine rings is 1. The van der Waals surface area contributed by atoms with Crippen LogP contribution in [-0.2, 0) is 19.6 Å². The Balaban J connectivity index is 1.46. The molecule has 1 aliphatic heterocycles. The molecule has 0 saturated carbocycles. The second kappa shape index (κ2) is 10.4. The molecule has 0 aliphatic carbocycles. The van der Waals surface area contributed by atoms with Crippen LogP contribution in [0.2, 0.25) is 0 Å². The van der Waals surface area contributed by atoms with Crippen molar-refractivity contribution >= 4 is 33.4 Å². The summed E-state index contributed by atoms with van der Waals surface area (Å²) in [4.78, 5) is 12.7. The topological polar surface area (TPSA) is 138 Å². The summed E-state index contributed by atoms with van der Waals surface area (Å²) in [6.45, 7) is 2.99. The van der Waals surface area contributed by atoms with Crippen molar-refractivity contribution in [2.24, 2.45) is 0 Å². The van der Waals surface area contributed by atoms with E-state index >= 15 is 0 Å². The van der Waals surface area contributed by atoms with Crippen molar-refractivity contribution in [1.82, 2.24) is 14.5 Å². The van der Waals surface area contributed by atoms with Crippen LogP contribution >= 0.6 is 11.8 Å². The molecule has 1 amide bonds. The maximum atomic E-state index is 12.9. The van der Waals surface area contributed by atoms with Crippen molar-refractivity contribution in [3.05, 3.63) is 54.1 Å². The van der Waals surface area contributed by atoms with Crippen LogP contribution in [0.3, 0.4) is 0 Å². The highest BCUT2D eigenvalue weighted by Gasteiger charge is 2.27. The number of nitrogens with one attached hydrogen (secondary N) is 1. The average molecular weight is 500 g/mol. The lowest BCUT2D eigenvalue weighted by Crippen LogP contribution is -2.40. The Morgan fingerprint density at radius 1 is 1.18 bits per heavy atom. The first-order valence-corrected chi connectivity index (χ1v) is 12.7. The Kier molecular flexibility index (Phi) is 7.28. The number of carbonyl (C=O) groups excluding carboxylic acids is 1. The number of benzene rings is 2. The molecule has 1 aromatic heterocycles. The van der Waals surface area contributed by atoms with Crippen LogP contribution in [0.4, 0.5) is 5.69 Å². The maximum absolute atomic E-state index is 12.9. The van der Waals surface area contributed by atoms with Gasteiger partial charge in [-0.3, -0.25) is 4.79 Å². The summed E-state index contributed by atoms with van der Waals surface area (Å²) in [6, 6.07) is 15.0. The highest BCUT2D eigenvalue weighted by molar-refractivity contribution is 8.00. The summed E-state index contributed by atoms with van der Waals surface area (Å²) in [7, 11) is -3.67. The molecule has 12 heteroatoms. The number of rotatable bonds is 7. The molecule has 2 heterocycles. The summed E-state index contributed by atoms with van der Waals surface area (Å²) in [5, 5.41) is 19.4. The second-order valence-corrected chi connectivity index (χ2v) is 10.6. The first kappa shape index (κ1) is 23.9. The third-order valence-corrected chi connectivity index (χ3v) is 7.88. The van der Waals surface area contributed by atoms with Gasteiger partial charge in [-0.1, -0.05) is 30.0 Å². The number of thioether (sulfide) groups is 1. The zero-order valence-corrected chi connectivity index (χ0v) is 19.8. The zero-order chi connectivity index (χ0) is 24.1. The number of ether oxygens (including phenoxy) is 1. The first-order valence-electron chi connectivity index (χ1n) is 10.4. The highest BCUT2D eigenvalue weighted by atomic mass is 32.2. The van der Waals surface area contributed by atoms with Crippen LogP contribution < -0.4 is 5.32 Å². The lowest BCUT2D eigenvalue weighted by Gasteiger charge is -2.26. The molecule has 176 valence electrons. The molecule has 1 aliphatic rings. The van der Waals surface area contributed by atoms with E-state index in [0.29, 0.717) is 43.1 Å². The van der Waals surface area contributed by atoms with E-state index in [1.165, 1.54) is 16.4 Å². The van der Waals surface area contributed by atoms with E-state index in [2.05, 4.69) is 15.5 Å². The SMILES string of the molecule is C[C@H](Sc1nnc(-c2cccc(S(=O)(=O)N3CCOCC3)c2)o1)C(=O)Nc1ccccc1C#N. The molecule has 0 spiro atoms. The van der Waals surface area contributed by atoms with Gasteiger partial charge in [0.2, 0.25) is 21.8 Å². The minimum Gasteiger partial charge on any atom is -0.411 e. The van der Waals surface area contributed by atoms with Crippen molar-refractivity contribution in [1.29, 1.82) is 5.26 Å². The van der Waals surface area contributed by atoms with Gasteiger partial charge >= 0.3 is 0 Å². The lowest BCUT2D eigenvalue weighted by atomic mass is 10.2. The van der Waals surface area contributed by atoms with Crippen molar-refractivity contribution in [2.75, 3.05) is 31.6 Å². The van der Waals surface area contributed by atoms with Gasteiger partial charge < -0.3 is 14.5 Å². The molecule has 2 aromatic carbocycles. The van der Waals surface area contributed by atoms with Crippen LogP contribution in [0.1, 0.15) is 12.5 Å². The van der Waals surface area contributed by atoms with Crippen LogP contribution in [0.25, 0.3) is 11.5 Å². The van der Waals surface area contributed by atoms with E-state index in [4.69, 9.17) is 9.15 Å². The number of nitriles is 1. The molecule has 1 fully saturated rings. The van der Waals surface area contributed by atoms with Gasteiger partial charge in [-0.25, -0.2) is 8.42 Å². The van der Waals surface area contributed by atoms with Crippen LogP contribution in [0.15, 0.2) is 63.1 Å². The molecular weight excluding hydrogens is 478 g/mol. The highest BCUT2D eigenvalue weighted by Crippen LogP contribution is 2.29. The maximum Gasteiger partial charge on any atom is 0.277 e. The quantitative estimate of drug-likeness (QED) is 0.486. The Hall–Kier alpha value is -3.24. The van der Waals surface area contributed by atoms with Gasteiger partial charge in [-0.2, -0.15) is 9.57 Å². The van der Waals surface area contributed by atoms with Crippen LogP contribution in [-0.4, -0.2) is 60.4 Å². The van der Waals surface area contributed by atoms with E-state index in [1.54, 1.807) is 43.3 Å². The molecule has 1 atom stereocenters. The zero-order valence-electron chi connectivity index (χ0n) is 18.2. The van der Waals surface area contributed by atoms with Gasteiger partial charge in [-0.05, 0) is 37.3 Å². The third-order valence-electron chi connectivity index (χ3n) is 5.05. The Morgan fingerprint density at radius 2 is 1.94 bits per heavy atom. The molecule has 0 unspecified atom stereocenters. The number of anilines is 1. The smallest absolute Gasteiger partial charge is 0.277 e. The summed E-state index contributed by atoms with van der Waals surface area (Å²) in [6.07, 6.45) is 0. The summed E-state index contributed by atoms with van der Waals surface area (Å²) in [5.41, 5.74) is 1.24. The molecule has 34 heavy (non-hydrogen) atoms. The number of nitrogens with zero attached hydrogens (tertiary/aromatic N) is 4. The number of amides is 1. The number of hydrogen-bond acceptors (Lipinski definition) is 9. The fourth-order valence-electron chi connectivity index (χ4n) is 3.23. The number of carbonyl (C=O) groups is 1. The number of hydrogen-bond donors (Lipinski definition) is 1. The molecular formula is C22H21N5O5S2. The number of sulfonamides is 1. The fourth-order valence-corrected chi connectivity index (χ4v) is 5.37. The van der Waals surface area contributed by atoms with Crippen molar-refractivity contribution in [3.8, 4) is 17.5 Å². The normalized spacial score (nSPS) is 15.4. The van der Waals surface area contributed by atoms with Crippen molar-refractivity contribution in [2.45, 2.75) is 22.3 Å². The molecule has 0 radical (unpaired) electrons. The Labute approximate surface area is 201 Å². The van der Waals surface area contributed by atoms with Gasteiger partial charge in [-0.15, -0.1) is 10.2 Å². The summed E-state index contributed by atoms with van der Waals surface area (Å²) < 4.78 is 38.2. The van der Waals surface area contributed by atoms with Crippen molar-refractivity contribution in [3.63, 3.8) is 0 Å². The molecule has 1 saturated heterocycles. The molecule has 4 rings (SSSR count). The standard InChI is InChI=1S/C22H21N5O5S2/c1-15(20(28)24-19-8-3-2-5-17(19)14-23)33-22-26-25-21(32-22)16-6-4-7-18(13-16)34(29,30)27-9-11-31-12-10-27/h2-8,13,15H,9-12H2,1H3,(H,24,28)/t15-/m0/s1. The largest absolute Gasteiger partial charge is 0.411 e.